The van der Waals surface area contributed by atoms with Crippen LogP contribution >= 0.6 is 11.8 Å². The summed E-state index contributed by atoms with van der Waals surface area (Å²) in [5, 5.41) is 2.76. The maximum Gasteiger partial charge on any atom is 0.338 e. The molecule has 1 N–H and O–H groups in total. The molecule has 30 heavy (non-hydrogen) atoms. The molecule has 0 aromatic heterocycles. The average Bonchev–Trinajstić information content (AvgIpc) is 2.79. The van der Waals surface area contributed by atoms with Crippen molar-refractivity contribution in [2.75, 3.05) is 18.9 Å². The van der Waals surface area contributed by atoms with Crippen LogP contribution in [0.2, 0.25) is 0 Å². The van der Waals surface area contributed by atoms with E-state index >= 15 is 0 Å². The number of thioether (sulfide) groups is 1. The standard InChI is InChI=1S/C24H23NO4S/c26-23(25-15-16-30-18-19-7-3-1-4-8-19)17-28-24(27)20-11-13-22(14-12-20)29-21-9-5-2-6-10-21/h1-14H,15-18H2,(H,25,26). The van der Waals surface area contributed by atoms with E-state index in [1.165, 1.54) is 5.56 Å². The predicted octanol–water partition coefficient (Wildman–Crippen LogP) is 4.69. The van der Waals surface area contributed by atoms with Crippen LogP contribution in [-0.4, -0.2) is 30.8 Å². The molecule has 0 aliphatic heterocycles. The topological polar surface area (TPSA) is 64.6 Å². The van der Waals surface area contributed by atoms with Crippen molar-refractivity contribution in [3.8, 4) is 11.5 Å². The van der Waals surface area contributed by atoms with Gasteiger partial charge in [0.15, 0.2) is 6.61 Å². The highest BCUT2D eigenvalue weighted by atomic mass is 32.2. The number of hydrogen-bond acceptors (Lipinski definition) is 5. The smallest absolute Gasteiger partial charge is 0.338 e. The summed E-state index contributed by atoms with van der Waals surface area (Å²) in [6, 6.07) is 26.1. The lowest BCUT2D eigenvalue weighted by molar-refractivity contribution is -0.124. The maximum absolute atomic E-state index is 12.1. The van der Waals surface area contributed by atoms with Crippen molar-refractivity contribution in [2.45, 2.75) is 5.75 Å². The van der Waals surface area contributed by atoms with Crippen molar-refractivity contribution >= 4 is 23.6 Å². The third-order valence-corrected chi connectivity index (χ3v) is 5.11. The molecule has 0 spiro atoms. The summed E-state index contributed by atoms with van der Waals surface area (Å²) in [4.78, 5) is 24.0. The zero-order valence-corrected chi connectivity index (χ0v) is 17.3. The van der Waals surface area contributed by atoms with Gasteiger partial charge in [0.2, 0.25) is 0 Å². The number of benzene rings is 3. The van der Waals surface area contributed by atoms with Gasteiger partial charge in [-0.05, 0) is 42.0 Å². The number of ether oxygens (including phenoxy) is 2. The third-order valence-electron chi connectivity index (χ3n) is 4.08. The number of carbonyl (C=O) groups excluding carboxylic acids is 2. The van der Waals surface area contributed by atoms with E-state index in [0.29, 0.717) is 23.6 Å². The van der Waals surface area contributed by atoms with E-state index in [1.54, 1.807) is 36.0 Å². The van der Waals surface area contributed by atoms with Gasteiger partial charge in [0, 0.05) is 18.1 Å². The summed E-state index contributed by atoms with van der Waals surface area (Å²) in [6.45, 7) is 0.226. The maximum atomic E-state index is 12.1. The molecule has 5 nitrogen and oxygen atoms in total. The summed E-state index contributed by atoms with van der Waals surface area (Å²) in [5.74, 6) is 2.16. The molecule has 0 radical (unpaired) electrons. The molecule has 0 unspecified atom stereocenters. The van der Waals surface area contributed by atoms with Gasteiger partial charge >= 0.3 is 5.97 Å². The highest BCUT2D eigenvalue weighted by Gasteiger charge is 2.10. The molecule has 0 aliphatic carbocycles. The third kappa shape index (κ3) is 7.29. The fraction of sp³-hybridized carbons (Fsp3) is 0.167. The molecule has 0 saturated heterocycles. The van der Waals surface area contributed by atoms with Crippen molar-refractivity contribution in [3.05, 3.63) is 96.1 Å². The number of rotatable bonds is 10. The number of carbonyl (C=O) groups is 2. The van der Waals surface area contributed by atoms with Gasteiger partial charge in [0.05, 0.1) is 5.56 Å². The van der Waals surface area contributed by atoms with Crippen LogP contribution in [0, 0.1) is 0 Å². The first-order valence-corrected chi connectivity index (χ1v) is 10.7. The first-order chi connectivity index (χ1) is 14.7. The lowest BCUT2D eigenvalue weighted by atomic mass is 10.2. The van der Waals surface area contributed by atoms with E-state index in [2.05, 4.69) is 17.4 Å². The number of nitrogens with one attached hydrogen (secondary N) is 1. The Hall–Kier alpha value is -3.25. The van der Waals surface area contributed by atoms with Crippen LogP contribution in [0.5, 0.6) is 11.5 Å². The molecule has 0 atom stereocenters. The van der Waals surface area contributed by atoms with Gasteiger partial charge in [0.1, 0.15) is 11.5 Å². The highest BCUT2D eigenvalue weighted by molar-refractivity contribution is 7.98. The SMILES string of the molecule is O=C(COC(=O)c1ccc(Oc2ccccc2)cc1)NCCSCc1ccccc1. The summed E-state index contributed by atoms with van der Waals surface area (Å²) in [7, 11) is 0. The van der Waals surface area contributed by atoms with Gasteiger partial charge in [0.25, 0.3) is 5.91 Å². The summed E-state index contributed by atoms with van der Waals surface area (Å²) >= 11 is 1.74. The van der Waals surface area contributed by atoms with Gasteiger partial charge in [-0.3, -0.25) is 4.79 Å². The second-order valence-corrected chi connectivity index (χ2v) is 7.51. The van der Waals surface area contributed by atoms with Crippen LogP contribution in [0.1, 0.15) is 15.9 Å². The Bertz CT molecular complexity index is 930. The number of amides is 1. The Morgan fingerprint density at radius 2 is 1.43 bits per heavy atom. The molecule has 0 saturated carbocycles. The molecule has 3 aromatic carbocycles. The van der Waals surface area contributed by atoms with Gasteiger partial charge in [-0.1, -0.05) is 48.5 Å². The lowest BCUT2D eigenvalue weighted by Crippen LogP contribution is -2.30. The van der Waals surface area contributed by atoms with Crippen LogP contribution in [0.15, 0.2) is 84.9 Å². The zero-order chi connectivity index (χ0) is 21.0. The zero-order valence-electron chi connectivity index (χ0n) is 16.5. The quantitative estimate of drug-likeness (QED) is 0.380. The second kappa shape index (κ2) is 11.7. The molecule has 3 aromatic rings. The Kier molecular flexibility index (Phi) is 8.35. The van der Waals surface area contributed by atoms with Crippen LogP contribution in [0.4, 0.5) is 0 Å². The molecule has 0 bridgehead atoms. The lowest BCUT2D eigenvalue weighted by Gasteiger charge is -2.08. The average molecular weight is 422 g/mol. The molecule has 154 valence electrons. The molecular weight excluding hydrogens is 398 g/mol. The first kappa shape index (κ1) is 21.5. The van der Waals surface area contributed by atoms with Crippen molar-refractivity contribution in [1.29, 1.82) is 0 Å². The predicted molar refractivity (Wildman–Crippen MR) is 119 cm³/mol. The molecule has 0 aliphatic rings. The van der Waals surface area contributed by atoms with E-state index in [9.17, 15) is 9.59 Å². The van der Waals surface area contributed by atoms with Crippen molar-refractivity contribution < 1.29 is 19.1 Å². The number of esters is 1. The number of hydrogen-bond donors (Lipinski definition) is 1. The van der Waals surface area contributed by atoms with Crippen LogP contribution in [0.25, 0.3) is 0 Å². The first-order valence-electron chi connectivity index (χ1n) is 9.59. The largest absolute Gasteiger partial charge is 0.457 e. The minimum absolute atomic E-state index is 0.301. The van der Waals surface area contributed by atoms with Gasteiger partial charge < -0.3 is 14.8 Å². The van der Waals surface area contributed by atoms with Crippen LogP contribution in [-0.2, 0) is 15.3 Å². The highest BCUT2D eigenvalue weighted by Crippen LogP contribution is 2.21. The van der Waals surface area contributed by atoms with E-state index in [4.69, 9.17) is 9.47 Å². The second-order valence-electron chi connectivity index (χ2n) is 6.40. The Balaban J connectivity index is 1.33. The Morgan fingerprint density at radius 3 is 2.13 bits per heavy atom. The van der Waals surface area contributed by atoms with Gasteiger partial charge in [-0.25, -0.2) is 4.79 Å². The van der Waals surface area contributed by atoms with E-state index in [0.717, 1.165) is 11.5 Å². The van der Waals surface area contributed by atoms with Crippen molar-refractivity contribution in [3.63, 3.8) is 0 Å². The Morgan fingerprint density at radius 1 is 0.800 bits per heavy atom. The van der Waals surface area contributed by atoms with Crippen molar-refractivity contribution in [2.24, 2.45) is 0 Å². The molecule has 6 heteroatoms. The van der Waals surface area contributed by atoms with E-state index < -0.39 is 5.97 Å². The van der Waals surface area contributed by atoms with Gasteiger partial charge in [-0.2, -0.15) is 11.8 Å². The Labute approximate surface area is 180 Å². The number of para-hydroxylation sites is 1. The summed E-state index contributed by atoms with van der Waals surface area (Å²) in [6.07, 6.45) is 0. The fourth-order valence-corrected chi connectivity index (χ4v) is 3.39. The van der Waals surface area contributed by atoms with Crippen molar-refractivity contribution in [1.82, 2.24) is 5.32 Å². The monoisotopic (exact) mass is 421 g/mol. The molecular formula is C24H23NO4S. The van der Waals surface area contributed by atoms with E-state index in [-0.39, 0.29) is 12.5 Å². The van der Waals surface area contributed by atoms with Crippen LogP contribution < -0.4 is 10.1 Å². The molecule has 0 fully saturated rings. The molecule has 1 amide bonds. The summed E-state index contributed by atoms with van der Waals surface area (Å²) in [5.41, 5.74) is 1.62. The molecule has 3 rings (SSSR count). The summed E-state index contributed by atoms with van der Waals surface area (Å²) < 4.78 is 10.8. The fourth-order valence-electron chi connectivity index (χ4n) is 2.58. The molecule has 0 heterocycles. The van der Waals surface area contributed by atoms with E-state index in [1.807, 2.05) is 48.5 Å². The normalized spacial score (nSPS) is 10.3. The van der Waals surface area contributed by atoms with Crippen LogP contribution in [0.3, 0.4) is 0 Å². The van der Waals surface area contributed by atoms with Gasteiger partial charge in [-0.15, -0.1) is 0 Å². The minimum Gasteiger partial charge on any atom is -0.457 e. The minimum atomic E-state index is -0.546.